The fraction of sp³-hybridized carbons (Fsp3) is 0.286. The molecule has 0 spiro atoms. The summed E-state index contributed by atoms with van der Waals surface area (Å²) in [6, 6.07) is 19.8. The first-order valence-electron chi connectivity index (χ1n) is 11.4. The van der Waals surface area contributed by atoms with Gasteiger partial charge in [0.15, 0.2) is 0 Å². The van der Waals surface area contributed by atoms with Gasteiger partial charge in [0.2, 0.25) is 0 Å². The Bertz CT molecular complexity index is 1240. The summed E-state index contributed by atoms with van der Waals surface area (Å²) in [4.78, 5) is 27.9. The SMILES string of the molecule is COCCCN1C(=O)C(=O)/C(=C(\O)c2cccc3ccccc23)C1c1cccc(OC(C)C)c1. The van der Waals surface area contributed by atoms with Crippen molar-refractivity contribution in [2.45, 2.75) is 32.4 Å². The molecule has 3 aromatic carbocycles. The van der Waals surface area contributed by atoms with Crippen LogP contribution >= 0.6 is 0 Å². The number of ketones is 1. The van der Waals surface area contributed by atoms with E-state index in [0.717, 1.165) is 10.8 Å². The van der Waals surface area contributed by atoms with Crippen LogP contribution in [0.3, 0.4) is 0 Å². The van der Waals surface area contributed by atoms with Gasteiger partial charge in [-0.25, -0.2) is 0 Å². The van der Waals surface area contributed by atoms with Gasteiger partial charge in [0.1, 0.15) is 11.5 Å². The number of likely N-dealkylation sites (tertiary alicyclic amines) is 1. The van der Waals surface area contributed by atoms with Crippen LogP contribution < -0.4 is 4.74 Å². The second-order valence-electron chi connectivity index (χ2n) is 8.60. The van der Waals surface area contributed by atoms with Crippen LogP contribution in [-0.4, -0.2) is 48.1 Å². The smallest absolute Gasteiger partial charge is 0.295 e. The Morgan fingerprint density at radius 2 is 1.76 bits per heavy atom. The first-order chi connectivity index (χ1) is 16.4. The van der Waals surface area contributed by atoms with Gasteiger partial charge in [-0.3, -0.25) is 9.59 Å². The Balaban J connectivity index is 1.88. The summed E-state index contributed by atoms with van der Waals surface area (Å²) in [5.74, 6) is -0.856. The zero-order valence-corrected chi connectivity index (χ0v) is 19.7. The van der Waals surface area contributed by atoms with Crippen LogP contribution in [0.1, 0.15) is 37.4 Å². The van der Waals surface area contributed by atoms with Crippen molar-refractivity contribution >= 4 is 28.2 Å². The Kier molecular flexibility index (Phi) is 6.98. The molecule has 176 valence electrons. The number of nitrogens with zero attached hydrogens (tertiary/aromatic N) is 1. The van der Waals surface area contributed by atoms with E-state index >= 15 is 0 Å². The summed E-state index contributed by atoms with van der Waals surface area (Å²) in [6.07, 6.45) is 0.537. The number of carbonyl (C=O) groups excluding carboxylic acids is 2. The molecule has 1 amide bonds. The molecule has 0 saturated carbocycles. The van der Waals surface area contributed by atoms with Crippen LogP contribution in [0.2, 0.25) is 0 Å². The van der Waals surface area contributed by atoms with Crippen LogP contribution in [0, 0.1) is 0 Å². The number of carbonyl (C=O) groups is 2. The molecule has 4 rings (SSSR count). The zero-order valence-electron chi connectivity index (χ0n) is 19.7. The summed E-state index contributed by atoms with van der Waals surface area (Å²) in [6.45, 7) is 4.65. The summed E-state index contributed by atoms with van der Waals surface area (Å²) in [5, 5.41) is 13.2. The predicted molar refractivity (Wildman–Crippen MR) is 132 cm³/mol. The number of hydrogen-bond donors (Lipinski definition) is 1. The lowest BCUT2D eigenvalue weighted by molar-refractivity contribution is -0.140. The molecular weight excluding hydrogens is 430 g/mol. The van der Waals surface area contributed by atoms with Crippen molar-refractivity contribution in [1.82, 2.24) is 4.90 Å². The van der Waals surface area contributed by atoms with E-state index in [1.807, 2.05) is 74.5 Å². The van der Waals surface area contributed by atoms with Gasteiger partial charge < -0.3 is 19.5 Å². The van der Waals surface area contributed by atoms with Gasteiger partial charge in [0.25, 0.3) is 11.7 Å². The molecule has 1 fully saturated rings. The summed E-state index contributed by atoms with van der Waals surface area (Å²) in [7, 11) is 1.60. The lowest BCUT2D eigenvalue weighted by Gasteiger charge is -2.26. The molecule has 34 heavy (non-hydrogen) atoms. The number of aliphatic hydroxyl groups excluding tert-OH is 1. The standard InChI is InChI=1S/C28H29NO5/c1-18(2)34-21-12-6-11-20(17-21)25-24(27(31)28(32)29(25)15-8-16-33-3)26(30)23-14-7-10-19-9-4-5-13-22(19)23/h4-7,9-14,17-18,25,30H,8,15-16H2,1-3H3/b26-24-. The van der Waals surface area contributed by atoms with Gasteiger partial charge in [-0.1, -0.05) is 54.6 Å². The van der Waals surface area contributed by atoms with Crippen LogP contribution in [-0.2, 0) is 14.3 Å². The highest BCUT2D eigenvalue weighted by atomic mass is 16.5. The van der Waals surface area contributed by atoms with Gasteiger partial charge in [-0.15, -0.1) is 0 Å². The van der Waals surface area contributed by atoms with Crippen LogP contribution in [0.25, 0.3) is 16.5 Å². The summed E-state index contributed by atoms with van der Waals surface area (Å²) >= 11 is 0. The molecule has 0 aromatic heterocycles. The minimum absolute atomic E-state index is 0.0287. The molecular formula is C28H29NO5. The first-order valence-corrected chi connectivity index (χ1v) is 11.4. The Morgan fingerprint density at radius 3 is 2.53 bits per heavy atom. The number of rotatable bonds is 8. The normalized spacial score (nSPS) is 17.6. The largest absolute Gasteiger partial charge is 0.507 e. The number of amides is 1. The number of fused-ring (bicyclic) bond motifs is 1. The zero-order chi connectivity index (χ0) is 24.2. The summed E-state index contributed by atoms with van der Waals surface area (Å²) in [5.41, 5.74) is 1.31. The van der Waals surface area contributed by atoms with Gasteiger partial charge in [0.05, 0.1) is 17.7 Å². The van der Waals surface area contributed by atoms with Crippen molar-refractivity contribution in [3.63, 3.8) is 0 Å². The van der Waals surface area contributed by atoms with E-state index in [0.29, 0.717) is 36.4 Å². The summed E-state index contributed by atoms with van der Waals surface area (Å²) < 4.78 is 11.0. The van der Waals surface area contributed by atoms with E-state index in [1.54, 1.807) is 13.2 Å². The van der Waals surface area contributed by atoms with Crippen LogP contribution in [0.15, 0.2) is 72.3 Å². The minimum atomic E-state index is -0.730. The average molecular weight is 460 g/mol. The molecule has 1 saturated heterocycles. The highest BCUT2D eigenvalue weighted by molar-refractivity contribution is 6.46. The van der Waals surface area contributed by atoms with E-state index in [1.165, 1.54) is 4.90 Å². The number of aliphatic hydroxyl groups is 1. The lowest BCUT2D eigenvalue weighted by atomic mass is 9.93. The first kappa shape index (κ1) is 23.5. The van der Waals surface area contributed by atoms with Crippen molar-refractivity contribution in [3.8, 4) is 5.75 Å². The van der Waals surface area contributed by atoms with Crippen molar-refractivity contribution in [1.29, 1.82) is 0 Å². The highest BCUT2D eigenvalue weighted by Crippen LogP contribution is 2.41. The molecule has 1 unspecified atom stereocenters. The van der Waals surface area contributed by atoms with Gasteiger partial charge >= 0.3 is 0 Å². The van der Waals surface area contributed by atoms with Crippen LogP contribution in [0.5, 0.6) is 5.75 Å². The van der Waals surface area contributed by atoms with Gasteiger partial charge in [-0.05, 0) is 48.7 Å². The molecule has 1 atom stereocenters. The molecule has 0 aliphatic carbocycles. The molecule has 6 heteroatoms. The van der Waals surface area contributed by atoms with E-state index < -0.39 is 17.7 Å². The maximum absolute atomic E-state index is 13.3. The topological polar surface area (TPSA) is 76.1 Å². The van der Waals surface area contributed by atoms with E-state index in [-0.39, 0.29) is 17.4 Å². The van der Waals surface area contributed by atoms with Crippen molar-refractivity contribution in [3.05, 3.63) is 83.4 Å². The maximum atomic E-state index is 13.3. The van der Waals surface area contributed by atoms with Crippen molar-refractivity contribution in [2.24, 2.45) is 0 Å². The van der Waals surface area contributed by atoms with Gasteiger partial charge in [-0.2, -0.15) is 0 Å². The Hall–Kier alpha value is -3.64. The molecule has 1 heterocycles. The Morgan fingerprint density at radius 1 is 1.03 bits per heavy atom. The van der Waals surface area contributed by atoms with Crippen LogP contribution in [0.4, 0.5) is 0 Å². The van der Waals surface area contributed by atoms with Crippen molar-refractivity contribution in [2.75, 3.05) is 20.3 Å². The molecule has 1 aliphatic rings. The number of benzene rings is 3. The maximum Gasteiger partial charge on any atom is 0.295 e. The molecule has 1 aliphatic heterocycles. The van der Waals surface area contributed by atoms with E-state index in [4.69, 9.17) is 9.47 Å². The molecule has 0 bridgehead atoms. The molecule has 3 aromatic rings. The second kappa shape index (κ2) is 10.1. The average Bonchev–Trinajstić information content (AvgIpc) is 3.08. The fourth-order valence-electron chi connectivity index (χ4n) is 4.44. The second-order valence-corrected chi connectivity index (χ2v) is 8.60. The number of hydrogen-bond acceptors (Lipinski definition) is 5. The lowest BCUT2D eigenvalue weighted by Crippen LogP contribution is -2.31. The Labute approximate surface area is 199 Å². The fourth-order valence-corrected chi connectivity index (χ4v) is 4.44. The van der Waals surface area contributed by atoms with E-state index in [2.05, 4.69) is 0 Å². The highest BCUT2D eigenvalue weighted by Gasteiger charge is 2.46. The number of ether oxygens (including phenoxy) is 2. The quantitative estimate of drug-likeness (QED) is 0.220. The van der Waals surface area contributed by atoms with Crippen molar-refractivity contribution < 1.29 is 24.2 Å². The van der Waals surface area contributed by atoms with Gasteiger partial charge in [0, 0.05) is 25.8 Å². The van der Waals surface area contributed by atoms with E-state index in [9.17, 15) is 14.7 Å². The molecule has 0 radical (unpaired) electrons. The number of methoxy groups -OCH3 is 1. The monoisotopic (exact) mass is 459 g/mol. The predicted octanol–water partition coefficient (Wildman–Crippen LogP) is 5.09. The third-order valence-corrected chi connectivity index (χ3v) is 5.88. The third kappa shape index (κ3) is 4.54. The minimum Gasteiger partial charge on any atom is -0.507 e. The molecule has 6 nitrogen and oxygen atoms in total. The third-order valence-electron chi connectivity index (χ3n) is 5.88. The molecule has 1 N–H and O–H groups in total. The number of Topliss-reactive ketones (excluding diaryl/α,β-unsaturated/α-hetero) is 1.